The average molecular weight is 324 g/mol. The van der Waals surface area contributed by atoms with E-state index >= 15 is 0 Å². The lowest BCUT2D eigenvalue weighted by Crippen LogP contribution is -2.45. The zero-order valence-corrected chi connectivity index (χ0v) is 13.1. The first-order chi connectivity index (χ1) is 10.9. The van der Waals surface area contributed by atoms with Gasteiger partial charge in [-0.2, -0.15) is 0 Å². The molecule has 8 nitrogen and oxygen atoms in total. The smallest absolute Gasteiger partial charge is 0.433 e. The van der Waals surface area contributed by atoms with Gasteiger partial charge in [-0.1, -0.05) is 19.8 Å². The Balaban J connectivity index is 1.89. The van der Waals surface area contributed by atoms with Gasteiger partial charge in [-0.3, -0.25) is 14.9 Å². The first kappa shape index (κ1) is 17.0. The molecule has 0 unspecified atom stereocenters. The van der Waals surface area contributed by atoms with Crippen LogP contribution in [0, 0.1) is 16.0 Å². The van der Waals surface area contributed by atoms with Crippen molar-refractivity contribution in [2.45, 2.75) is 51.7 Å². The quantitative estimate of drug-likeness (QED) is 0.506. The lowest BCUT2D eigenvalue weighted by molar-refractivity contribution is -0.402. The van der Waals surface area contributed by atoms with E-state index in [1.165, 1.54) is 6.92 Å². The van der Waals surface area contributed by atoms with Crippen molar-refractivity contribution in [3.63, 3.8) is 0 Å². The molecule has 0 radical (unpaired) electrons. The number of nitrogens with zero attached hydrogens (tertiary/aromatic N) is 1. The minimum atomic E-state index is -0.999. The molecule has 0 bridgehead atoms. The van der Waals surface area contributed by atoms with Crippen molar-refractivity contribution in [1.82, 2.24) is 5.32 Å². The van der Waals surface area contributed by atoms with Gasteiger partial charge in [0.1, 0.15) is 4.92 Å². The molecular weight excluding hydrogens is 304 g/mol. The number of ether oxygens (including phenoxy) is 1. The van der Waals surface area contributed by atoms with Crippen molar-refractivity contribution in [3.05, 3.63) is 28.0 Å². The van der Waals surface area contributed by atoms with Crippen molar-refractivity contribution < 1.29 is 23.7 Å². The molecule has 1 fully saturated rings. The highest BCUT2D eigenvalue weighted by atomic mass is 16.7. The van der Waals surface area contributed by atoms with E-state index in [4.69, 9.17) is 9.15 Å². The second kappa shape index (κ2) is 7.26. The number of amides is 1. The van der Waals surface area contributed by atoms with Crippen LogP contribution in [0.25, 0.3) is 0 Å². The predicted octanol–water partition coefficient (Wildman–Crippen LogP) is 2.43. The van der Waals surface area contributed by atoms with Crippen LogP contribution in [0.1, 0.15) is 50.1 Å². The number of nitro groups is 1. The Morgan fingerprint density at radius 1 is 1.39 bits per heavy atom. The molecule has 1 aromatic rings. The number of esters is 1. The Kier molecular flexibility index (Phi) is 5.36. The molecule has 1 amide bonds. The molecule has 1 N–H and O–H groups in total. The fourth-order valence-electron chi connectivity index (χ4n) is 2.64. The number of carbonyl (C=O) groups excluding carboxylic acids is 2. The van der Waals surface area contributed by atoms with Gasteiger partial charge in [-0.05, 0) is 31.7 Å². The van der Waals surface area contributed by atoms with Crippen molar-refractivity contribution >= 4 is 17.8 Å². The van der Waals surface area contributed by atoms with Gasteiger partial charge in [0.05, 0.1) is 6.07 Å². The predicted molar refractivity (Wildman–Crippen MR) is 79.8 cm³/mol. The summed E-state index contributed by atoms with van der Waals surface area (Å²) in [6.07, 6.45) is 3.21. The summed E-state index contributed by atoms with van der Waals surface area (Å²) < 4.78 is 9.75. The molecule has 1 aliphatic carbocycles. The zero-order chi connectivity index (χ0) is 17.0. The third kappa shape index (κ3) is 4.30. The van der Waals surface area contributed by atoms with Gasteiger partial charge in [0.15, 0.2) is 6.10 Å². The monoisotopic (exact) mass is 324 g/mol. The molecule has 126 valence electrons. The number of carbonyl (C=O) groups is 2. The van der Waals surface area contributed by atoms with Gasteiger partial charge >= 0.3 is 11.9 Å². The molecule has 1 aromatic heterocycles. The minimum Gasteiger partial charge on any atom is -0.447 e. The maximum absolute atomic E-state index is 12.1. The van der Waals surface area contributed by atoms with Crippen molar-refractivity contribution in [3.8, 4) is 0 Å². The van der Waals surface area contributed by atoms with Crippen LogP contribution in [0.5, 0.6) is 0 Å². The van der Waals surface area contributed by atoms with Crippen molar-refractivity contribution in [1.29, 1.82) is 0 Å². The maximum atomic E-state index is 12.1. The zero-order valence-electron chi connectivity index (χ0n) is 13.1. The first-order valence-corrected chi connectivity index (χ1v) is 7.64. The van der Waals surface area contributed by atoms with Crippen LogP contribution in [0.15, 0.2) is 16.5 Å². The van der Waals surface area contributed by atoms with E-state index in [0.29, 0.717) is 5.92 Å². The van der Waals surface area contributed by atoms with Crippen molar-refractivity contribution in [2.75, 3.05) is 0 Å². The number of hydrogen-bond acceptors (Lipinski definition) is 6. The van der Waals surface area contributed by atoms with E-state index in [2.05, 4.69) is 12.2 Å². The van der Waals surface area contributed by atoms with Gasteiger partial charge in [-0.15, -0.1) is 0 Å². The first-order valence-electron chi connectivity index (χ1n) is 7.64. The van der Waals surface area contributed by atoms with E-state index in [1.807, 2.05) is 0 Å². The number of hydrogen-bond donors (Lipinski definition) is 1. The van der Waals surface area contributed by atoms with Gasteiger partial charge in [0, 0.05) is 6.04 Å². The highest BCUT2D eigenvalue weighted by Gasteiger charge is 2.27. The Labute approximate surface area is 133 Å². The molecule has 0 aliphatic heterocycles. The second-order valence-corrected chi connectivity index (χ2v) is 5.82. The third-order valence-electron chi connectivity index (χ3n) is 4.07. The molecule has 1 aliphatic rings. The summed E-state index contributed by atoms with van der Waals surface area (Å²) in [6, 6.07) is 2.29. The van der Waals surface area contributed by atoms with E-state index in [0.717, 1.165) is 37.8 Å². The molecule has 1 heterocycles. The lowest BCUT2D eigenvalue weighted by Gasteiger charge is -2.30. The largest absolute Gasteiger partial charge is 0.447 e. The number of nitrogens with one attached hydrogen (secondary N) is 1. The molecule has 3 atom stereocenters. The molecular formula is C15H20N2O6. The van der Waals surface area contributed by atoms with Crippen LogP contribution in [-0.4, -0.2) is 28.9 Å². The highest BCUT2D eigenvalue weighted by molar-refractivity contribution is 5.90. The molecule has 23 heavy (non-hydrogen) atoms. The van der Waals surface area contributed by atoms with Crippen molar-refractivity contribution in [2.24, 2.45) is 5.92 Å². The molecule has 1 saturated carbocycles. The fraction of sp³-hybridized carbons (Fsp3) is 0.600. The van der Waals surface area contributed by atoms with Crippen LogP contribution in [0.3, 0.4) is 0 Å². The van der Waals surface area contributed by atoms with E-state index < -0.39 is 22.9 Å². The third-order valence-corrected chi connectivity index (χ3v) is 4.07. The summed E-state index contributed by atoms with van der Waals surface area (Å²) in [5.74, 6) is -1.74. The summed E-state index contributed by atoms with van der Waals surface area (Å²) in [5.41, 5.74) is 0. The summed E-state index contributed by atoms with van der Waals surface area (Å²) in [7, 11) is 0. The molecule has 8 heteroatoms. The minimum absolute atomic E-state index is 0.0853. The highest BCUT2D eigenvalue weighted by Crippen LogP contribution is 2.24. The summed E-state index contributed by atoms with van der Waals surface area (Å²) in [4.78, 5) is 33.7. The molecule has 0 saturated heterocycles. The molecule has 2 rings (SSSR count). The summed E-state index contributed by atoms with van der Waals surface area (Å²) in [6.45, 7) is 3.54. The number of rotatable bonds is 5. The van der Waals surface area contributed by atoms with Crippen LogP contribution in [0.2, 0.25) is 0 Å². The van der Waals surface area contributed by atoms with Crippen LogP contribution >= 0.6 is 0 Å². The molecule has 0 spiro atoms. The maximum Gasteiger partial charge on any atom is 0.433 e. The van der Waals surface area contributed by atoms with Crippen LogP contribution in [-0.2, 0) is 9.53 Å². The Morgan fingerprint density at radius 3 is 2.70 bits per heavy atom. The SMILES string of the molecule is C[C@@H](OC(=O)c1ccc([N+](=O)[O-])o1)C(=O)N[C@@H]1CCCC[C@@H]1C. The second-order valence-electron chi connectivity index (χ2n) is 5.82. The van der Waals surface area contributed by atoms with E-state index in [-0.39, 0.29) is 17.7 Å². The topological polar surface area (TPSA) is 112 Å². The van der Waals surface area contributed by atoms with Gasteiger partial charge in [0.25, 0.3) is 5.91 Å². The van der Waals surface area contributed by atoms with E-state index in [9.17, 15) is 19.7 Å². The van der Waals surface area contributed by atoms with Gasteiger partial charge in [-0.25, -0.2) is 4.79 Å². The summed E-state index contributed by atoms with van der Waals surface area (Å²) >= 11 is 0. The lowest BCUT2D eigenvalue weighted by atomic mass is 9.86. The Hall–Kier alpha value is -2.38. The average Bonchev–Trinajstić information content (AvgIpc) is 2.99. The van der Waals surface area contributed by atoms with Gasteiger partial charge in [0.2, 0.25) is 5.76 Å². The fourth-order valence-corrected chi connectivity index (χ4v) is 2.64. The Bertz CT molecular complexity index is 597. The van der Waals surface area contributed by atoms with Crippen LogP contribution < -0.4 is 5.32 Å². The summed E-state index contributed by atoms with van der Waals surface area (Å²) in [5, 5.41) is 13.4. The standard InChI is InChI=1S/C15H20N2O6/c1-9-5-3-4-6-11(9)16-14(18)10(2)22-15(19)12-7-8-13(23-12)17(20)21/h7-11H,3-6H2,1-2H3,(H,16,18)/t9-,10+,11+/m0/s1. The Morgan fingerprint density at radius 2 is 2.09 bits per heavy atom. The van der Waals surface area contributed by atoms with E-state index in [1.54, 1.807) is 0 Å². The molecule has 0 aromatic carbocycles. The normalized spacial score (nSPS) is 22.2. The van der Waals surface area contributed by atoms with Gasteiger partial charge < -0.3 is 14.5 Å². The number of furan rings is 1. The van der Waals surface area contributed by atoms with Crippen LogP contribution in [0.4, 0.5) is 5.88 Å².